The molecule has 0 radical (unpaired) electrons. The largest absolute Gasteiger partial charge is 0.379 e. The summed E-state index contributed by atoms with van der Waals surface area (Å²) in [4.78, 5) is 30.4. The lowest BCUT2D eigenvalue weighted by Gasteiger charge is -2.49. The van der Waals surface area contributed by atoms with Gasteiger partial charge in [-0.15, -0.1) is 5.10 Å². The number of nitrogens with one attached hydrogen (secondary N) is 2. The SMILES string of the molecule is N#Cc1cc(Nc2nc(NC3CC3)c3ncc(C#N)n3n2)c(Cl)c(N2CCN(C3CN(C(=O)CN4CCOCC4)C3)CC2)c1. The molecule has 3 saturated heterocycles. The highest BCUT2D eigenvalue weighted by molar-refractivity contribution is 6.36. The van der Waals surface area contributed by atoms with Gasteiger partial charge in [0.1, 0.15) is 6.07 Å². The van der Waals surface area contributed by atoms with Crippen LogP contribution in [-0.2, 0) is 9.53 Å². The average molecular weight is 617 g/mol. The van der Waals surface area contributed by atoms with Crippen molar-refractivity contribution in [1.29, 1.82) is 10.5 Å². The number of imidazole rings is 1. The van der Waals surface area contributed by atoms with Gasteiger partial charge in [0, 0.05) is 64.4 Å². The molecule has 1 aliphatic carbocycles. The van der Waals surface area contributed by atoms with E-state index in [9.17, 15) is 15.3 Å². The van der Waals surface area contributed by atoms with Gasteiger partial charge < -0.3 is 25.2 Å². The average Bonchev–Trinajstić information content (AvgIpc) is 3.74. The van der Waals surface area contributed by atoms with Gasteiger partial charge in [-0.2, -0.15) is 20.0 Å². The molecule has 44 heavy (non-hydrogen) atoms. The molecule has 4 aliphatic rings. The normalized spacial score (nSPS) is 19.8. The van der Waals surface area contributed by atoms with Crippen LogP contribution in [0.5, 0.6) is 0 Å². The molecular weight excluding hydrogens is 584 g/mol. The van der Waals surface area contributed by atoms with E-state index in [4.69, 9.17) is 16.3 Å². The van der Waals surface area contributed by atoms with Gasteiger partial charge in [0.15, 0.2) is 17.2 Å². The molecule has 1 saturated carbocycles. The third-order valence-corrected chi connectivity index (χ3v) is 9.07. The van der Waals surface area contributed by atoms with E-state index in [1.807, 2.05) is 11.0 Å². The number of carbonyl (C=O) groups is 1. The quantitative estimate of drug-likeness (QED) is 0.377. The summed E-state index contributed by atoms with van der Waals surface area (Å²) in [5, 5.41) is 30.9. The number of rotatable bonds is 8. The Morgan fingerprint density at radius 2 is 1.84 bits per heavy atom. The van der Waals surface area contributed by atoms with Crippen LogP contribution in [0.1, 0.15) is 24.1 Å². The van der Waals surface area contributed by atoms with Gasteiger partial charge in [0.25, 0.3) is 0 Å². The predicted octanol–water partition coefficient (Wildman–Crippen LogP) is 1.50. The minimum absolute atomic E-state index is 0.192. The van der Waals surface area contributed by atoms with Crippen molar-refractivity contribution >= 4 is 46.3 Å². The molecule has 0 spiro atoms. The number of amides is 1. The van der Waals surface area contributed by atoms with Gasteiger partial charge in [-0.05, 0) is 25.0 Å². The van der Waals surface area contributed by atoms with E-state index >= 15 is 0 Å². The van der Waals surface area contributed by atoms with Crippen molar-refractivity contribution in [2.24, 2.45) is 0 Å². The zero-order chi connectivity index (χ0) is 30.2. The molecule has 5 heterocycles. The number of nitrogens with zero attached hydrogens (tertiary/aromatic N) is 10. The van der Waals surface area contributed by atoms with Crippen LogP contribution in [-0.4, -0.2) is 124 Å². The van der Waals surface area contributed by atoms with Crippen LogP contribution in [0, 0.1) is 22.7 Å². The first kappa shape index (κ1) is 28.6. The molecule has 4 fully saturated rings. The van der Waals surface area contributed by atoms with E-state index in [0.717, 1.165) is 70.9 Å². The number of ether oxygens (including phenoxy) is 1. The van der Waals surface area contributed by atoms with Crippen LogP contribution in [0.25, 0.3) is 5.65 Å². The van der Waals surface area contributed by atoms with Gasteiger partial charge in [0.05, 0.1) is 54.0 Å². The molecule has 2 N–H and O–H groups in total. The summed E-state index contributed by atoms with van der Waals surface area (Å²) in [5.74, 6) is 0.964. The van der Waals surface area contributed by atoms with Crippen molar-refractivity contribution < 1.29 is 9.53 Å². The first-order valence-corrected chi connectivity index (χ1v) is 15.4. The minimum atomic E-state index is 0.192. The maximum atomic E-state index is 12.7. The number of morpholine rings is 1. The van der Waals surface area contributed by atoms with Crippen LogP contribution in [0.2, 0.25) is 5.02 Å². The molecule has 3 aliphatic heterocycles. The second kappa shape index (κ2) is 12.1. The molecule has 1 amide bonds. The van der Waals surface area contributed by atoms with Crippen molar-refractivity contribution in [1.82, 2.24) is 34.3 Å². The number of fused-ring (bicyclic) bond motifs is 1. The molecule has 2 aromatic heterocycles. The summed E-state index contributed by atoms with van der Waals surface area (Å²) in [7, 11) is 0. The van der Waals surface area contributed by atoms with Crippen molar-refractivity contribution in [3.63, 3.8) is 0 Å². The number of carbonyl (C=O) groups excluding carboxylic acids is 1. The summed E-state index contributed by atoms with van der Waals surface area (Å²) < 4.78 is 6.84. The molecular formula is C29H33ClN12O2. The lowest BCUT2D eigenvalue weighted by Crippen LogP contribution is -2.65. The van der Waals surface area contributed by atoms with Crippen molar-refractivity contribution in [2.75, 3.05) is 87.7 Å². The number of aromatic nitrogens is 4. The van der Waals surface area contributed by atoms with Crippen LogP contribution in [0.15, 0.2) is 18.3 Å². The van der Waals surface area contributed by atoms with Gasteiger partial charge in [-0.25, -0.2) is 4.98 Å². The Morgan fingerprint density at radius 3 is 2.55 bits per heavy atom. The van der Waals surface area contributed by atoms with Gasteiger partial charge >= 0.3 is 0 Å². The van der Waals surface area contributed by atoms with Gasteiger partial charge in [0.2, 0.25) is 11.9 Å². The molecule has 0 unspecified atom stereocenters. The molecule has 7 rings (SSSR count). The molecule has 0 atom stereocenters. The first-order chi connectivity index (χ1) is 21.5. The minimum Gasteiger partial charge on any atom is -0.379 e. The Morgan fingerprint density at radius 1 is 1.07 bits per heavy atom. The fourth-order valence-electron chi connectivity index (χ4n) is 5.91. The Bertz CT molecular complexity index is 1640. The summed E-state index contributed by atoms with van der Waals surface area (Å²) in [6, 6.07) is 8.52. The third-order valence-electron chi connectivity index (χ3n) is 8.67. The summed E-state index contributed by atoms with van der Waals surface area (Å²) in [6.45, 7) is 8.13. The van der Waals surface area contributed by atoms with Crippen LogP contribution in [0.3, 0.4) is 0 Å². The fraction of sp³-hybridized carbons (Fsp3) is 0.517. The van der Waals surface area contributed by atoms with E-state index < -0.39 is 0 Å². The number of benzene rings is 1. The highest BCUT2D eigenvalue weighted by Gasteiger charge is 2.37. The lowest BCUT2D eigenvalue weighted by molar-refractivity contribution is -0.141. The lowest BCUT2D eigenvalue weighted by atomic mass is 10.1. The second-order valence-corrected chi connectivity index (χ2v) is 12.0. The number of likely N-dealkylation sites (tertiary alicyclic amines) is 1. The molecule has 3 aromatic rings. The number of anilines is 4. The van der Waals surface area contributed by atoms with E-state index in [1.165, 1.54) is 10.7 Å². The number of hydrogen-bond acceptors (Lipinski definition) is 12. The molecule has 228 valence electrons. The second-order valence-electron chi connectivity index (χ2n) is 11.7. The zero-order valence-corrected chi connectivity index (χ0v) is 25.0. The van der Waals surface area contributed by atoms with Crippen molar-refractivity contribution in [2.45, 2.75) is 24.9 Å². The van der Waals surface area contributed by atoms with Gasteiger partial charge in [-0.1, -0.05) is 11.6 Å². The van der Waals surface area contributed by atoms with Crippen LogP contribution >= 0.6 is 11.6 Å². The number of halogens is 1. The third kappa shape index (κ3) is 5.81. The van der Waals surface area contributed by atoms with Crippen molar-refractivity contribution in [3.8, 4) is 12.1 Å². The highest BCUT2D eigenvalue weighted by Crippen LogP contribution is 2.37. The highest BCUT2D eigenvalue weighted by atomic mass is 35.5. The van der Waals surface area contributed by atoms with E-state index in [0.29, 0.717) is 59.6 Å². The number of piperazine rings is 1. The standard InChI is InChI=1S/C29H33ClN12O2/c30-26-23(35-29-36-27(34-20-1-2-20)28-33-15-21(14-32)42(28)37-29)11-19(13-31)12-24(26)40-5-3-39(4-6-40)22-16-41(17-22)25(43)18-38-7-9-44-10-8-38/h11-12,15,20,22H,1-10,16-18H2,(H2,34,35,36,37). The zero-order valence-electron chi connectivity index (χ0n) is 24.2. The summed E-state index contributed by atoms with van der Waals surface area (Å²) >= 11 is 6.96. The Hall–Kier alpha value is -4.21. The molecule has 15 heteroatoms. The summed E-state index contributed by atoms with van der Waals surface area (Å²) in [5.41, 5.74) is 2.50. The smallest absolute Gasteiger partial charge is 0.247 e. The topological polar surface area (TPSA) is 154 Å². The summed E-state index contributed by atoms with van der Waals surface area (Å²) in [6.07, 6.45) is 3.56. The monoisotopic (exact) mass is 616 g/mol. The Labute approximate surface area is 259 Å². The maximum Gasteiger partial charge on any atom is 0.247 e. The van der Waals surface area contributed by atoms with E-state index in [2.05, 4.69) is 52.5 Å². The maximum absolute atomic E-state index is 12.7. The first-order valence-electron chi connectivity index (χ1n) is 15.0. The Balaban J connectivity index is 1.02. The van der Waals surface area contributed by atoms with Gasteiger partial charge in [-0.3, -0.25) is 14.6 Å². The van der Waals surface area contributed by atoms with Crippen LogP contribution in [0.4, 0.5) is 23.1 Å². The van der Waals surface area contributed by atoms with E-state index in [-0.39, 0.29) is 17.5 Å². The van der Waals surface area contributed by atoms with Crippen LogP contribution < -0.4 is 15.5 Å². The van der Waals surface area contributed by atoms with Crippen molar-refractivity contribution in [3.05, 3.63) is 34.6 Å². The fourth-order valence-corrected chi connectivity index (χ4v) is 6.19. The Kier molecular flexibility index (Phi) is 7.82. The predicted molar refractivity (Wildman–Crippen MR) is 163 cm³/mol. The molecule has 14 nitrogen and oxygen atoms in total. The van der Waals surface area contributed by atoms with E-state index in [1.54, 1.807) is 6.07 Å². The number of hydrogen-bond donors (Lipinski definition) is 2. The number of nitriles is 2. The molecule has 1 aromatic carbocycles. The molecule has 0 bridgehead atoms.